The second-order valence-corrected chi connectivity index (χ2v) is 12.3. The highest BCUT2D eigenvalue weighted by atomic mass is 16.6. The molecule has 0 saturated heterocycles. The maximum absolute atomic E-state index is 13.9. The molecule has 8 bridgehead atoms. The fraction of sp³-hybridized carbons (Fsp3) is 0. The van der Waals surface area contributed by atoms with Gasteiger partial charge in [0, 0.05) is 39.3 Å². The molecule has 7 aromatic rings. The zero-order valence-electron chi connectivity index (χ0n) is 27.4. The van der Waals surface area contributed by atoms with Crippen LogP contribution in [0.1, 0.15) is 21.9 Å². The molecule has 2 aliphatic rings. The monoisotopic (exact) mass is 677 g/mol. The average molecular weight is 678 g/mol. The Balaban J connectivity index is 1.53. The summed E-state index contributed by atoms with van der Waals surface area (Å²) < 4.78 is 6.03. The first-order chi connectivity index (χ1) is 25.5. The van der Waals surface area contributed by atoms with E-state index in [9.17, 15) is 14.9 Å². The van der Waals surface area contributed by atoms with Gasteiger partial charge in [-0.15, -0.1) is 0 Å². The van der Waals surface area contributed by atoms with E-state index in [0.717, 1.165) is 22.3 Å². The minimum atomic E-state index is -0.601. The third kappa shape index (κ3) is 5.24. The molecule has 5 heterocycles. The van der Waals surface area contributed by atoms with E-state index in [2.05, 4.69) is 9.97 Å². The van der Waals surface area contributed by atoms with Gasteiger partial charge < -0.3 is 14.7 Å². The van der Waals surface area contributed by atoms with Gasteiger partial charge in [0.2, 0.25) is 5.88 Å². The molecule has 0 amide bonds. The number of ether oxygens (including phenoxy) is 1. The molecule has 3 aromatic heterocycles. The molecule has 9 nitrogen and oxygen atoms in total. The number of rotatable bonds is 5. The molecule has 0 unspecified atom stereocenters. The van der Waals surface area contributed by atoms with Crippen molar-refractivity contribution in [1.29, 1.82) is 0 Å². The van der Waals surface area contributed by atoms with Gasteiger partial charge in [-0.3, -0.25) is 10.1 Å². The third-order valence-corrected chi connectivity index (χ3v) is 9.18. The number of hydrogen-bond donors (Lipinski definition) is 2. The van der Waals surface area contributed by atoms with E-state index in [1.807, 2.05) is 146 Å². The lowest BCUT2D eigenvalue weighted by Gasteiger charge is -2.06. The summed E-state index contributed by atoms with van der Waals surface area (Å²) in [6.45, 7) is 0. The predicted octanol–water partition coefficient (Wildman–Crippen LogP) is 9.98. The van der Waals surface area contributed by atoms with E-state index in [0.29, 0.717) is 50.0 Å². The van der Waals surface area contributed by atoms with E-state index in [1.165, 1.54) is 6.08 Å². The smallest absolute Gasteiger partial charge is 0.364 e. The highest BCUT2D eigenvalue weighted by molar-refractivity contribution is 6.05. The van der Waals surface area contributed by atoms with Crippen molar-refractivity contribution in [3.63, 3.8) is 0 Å². The molecule has 2 N–H and O–H groups in total. The number of nitrogens with zero attached hydrogens (tertiary/aromatic N) is 3. The van der Waals surface area contributed by atoms with E-state index >= 15 is 0 Å². The number of carbonyl (C=O) groups excluding carboxylic acids is 1. The van der Waals surface area contributed by atoms with Gasteiger partial charge in [0.05, 0.1) is 21.7 Å². The van der Waals surface area contributed by atoms with Gasteiger partial charge in [-0.05, 0) is 46.5 Å². The van der Waals surface area contributed by atoms with Crippen molar-refractivity contribution in [2.45, 2.75) is 0 Å². The van der Waals surface area contributed by atoms with Crippen LogP contribution in [-0.4, -0.2) is 30.8 Å². The number of carbonyl (C=O) groups is 1. The fourth-order valence-electron chi connectivity index (χ4n) is 6.90. The molecule has 0 atom stereocenters. The minimum absolute atomic E-state index is 0.124. The maximum atomic E-state index is 13.9. The highest BCUT2D eigenvalue weighted by Crippen LogP contribution is 2.41. The topological polar surface area (TPSA) is 127 Å². The first-order valence-corrected chi connectivity index (χ1v) is 16.6. The van der Waals surface area contributed by atoms with Crippen LogP contribution in [0, 0.1) is 10.1 Å². The SMILES string of the molecule is O=C1Oc2nc1c(-c1ccccc1)c1ccc([nH]1)c(-c1ccccc1)c1nc(c(-c3ccccc3)c3ccc([nH]3)c2-c2ccccc2)C=C1[N+](=O)[O-]. The van der Waals surface area contributed by atoms with E-state index in [1.54, 1.807) is 0 Å². The summed E-state index contributed by atoms with van der Waals surface area (Å²) in [5.74, 6) is -0.454. The number of esters is 1. The van der Waals surface area contributed by atoms with Crippen molar-refractivity contribution in [2.75, 3.05) is 0 Å². The molecular formula is C43H27N5O4. The Bertz CT molecular complexity index is 2740. The molecule has 4 aromatic carbocycles. The zero-order valence-corrected chi connectivity index (χ0v) is 27.4. The lowest BCUT2D eigenvalue weighted by molar-refractivity contribution is -0.374. The normalized spacial score (nSPS) is 12.3. The molecule has 0 radical (unpaired) electrons. The van der Waals surface area contributed by atoms with Crippen molar-refractivity contribution in [3.8, 4) is 50.4 Å². The largest absolute Gasteiger partial charge is 0.402 e. The summed E-state index contributed by atoms with van der Waals surface area (Å²) in [6.07, 6.45) is 1.54. The molecule has 0 spiro atoms. The highest BCUT2D eigenvalue weighted by Gasteiger charge is 2.30. The van der Waals surface area contributed by atoms with Crippen molar-refractivity contribution in [3.05, 3.63) is 173 Å². The fourth-order valence-corrected chi connectivity index (χ4v) is 6.90. The maximum Gasteiger partial charge on any atom is 0.364 e. The van der Waals surface area contributed by atoms with Gasteiger partial charge in [-0.25, -0.2) is 14.8 Å². The molecule has 2 aliphatic heterocycles. The molecule has 9 rings (SSSR count). The van der Waals surface area contributed by atoms with Crippen LogP contribution >= 0.6 is 0 Å². The van der Waals surface area contributed by atoms with Gasteiger partial charge in [0.25, 0.3) is 5.70 Å². The van der Waals surface area contributed by atoms with Crippen molar-refractivity contribution >= 4 is 39.8 Å². The number of benzene rings is 4. The van der Waals surface area contributed by atoms with Crippen LogP contribution in [0.25, 0.3) is 78.3 Å². The van der Waals surface area contributed by atoms with Crippen LogP contribution < -0.4 is 4.74 Å². The third-order valence-electron chi connectivity index (χ3n) is 9.18. The Hall–Kier alpha value is -7.39. The van der Waals surface area contributed by atoms with Gasteiger partial charge in [-0.2, -0.15) is 0 Å². The van der Waals surface area contributed by atoms with E-state index < -0.39 is 10.9 Å². The first kappa shape index (κ1) is 30.7. The number of aromatic amines is 2. The Morgan fingerprint density at radius 1 is 0.500 bits per heavy atom. The first-order valence-electron chi connectivity index (χ1n) is 16.6. The van der Waals surface area contributed by atoms with Gasteiger partial charge >= 0.3 is 5.97 Å². The molecular weight excluding hydrogens is 651 g/mol. The molecule has 0 aliphatic carbocycles. The summed E-state index contributed by atoms with van der Waals surface area (Å²) in [5.41, 5.74) is 8.42. The minimum Gasteiger partial charge on any atom is -0.402 e. The lowest BCUT2D eigenvalue weighted by atomic mass is 10.0. The number of hydrogen-bond acceptors (Lipinski definition) is 6. The Morgan fingerprint density at radius 2 is 0.904 bits per heavy atom. The summed E-state index contributed by atoms with van der Waals surface area (Å²) in [6, 6.07) is 45.6. The Morgan fingerprint density at radius 3 is 1.38 bits per heavy atom. The predicted molar refractivity (Wildman–Crippen MR) is 203 cm³/mol. The lowest BCUT2D eigenvalue weighted by Crippen LogP contribution is -2.04. The number of nitrogens with one attached hydrogen (secondary N) is 2. The van der Waals surface area contributed by atoms with Crippen molar-refractivity contribution in [2.24, 2.45) is 0 Å². The molecule has 52 heavy (non-hydrogen) atoms. The molecule has 248 valence electrons. The van der Waals surface area contributed by atoms with Gasteiger partial charge in [-0.1, -0.05) is 121 Å². The van der Waals surface area contributed by atoms with Gasteiger partial charge in [0.15, 0.2) is 11.4 Å². The van der Waals surface area contributed by atoms with Crippen molar-refractivity contribution < 1.29 is 14.5 Å². The summed E-state index contributed by atoms with van der Waals surface area (Å²) in [7, 11) is 0. The van der Waals surface area contributed by atoms with Crippen LogP contribution in [0.2, 0.25) is 0 Å². The van der Waals surface area contributed by atoms with E-state index in [4.69, 9.17) is 14.7 Å². The summed E-state index contributed by atoms with van der Waals surface area (Å²) in [4.78, 5) is 43.4. The van der Waals surface area contributed by atoms with E-state index in [-0.39, 0.29) is 23.0 Å². The number of nitro groups is 1. The van der Waals surface area contributed by atoms with Crippen molar-refractivity contribution in [1.82, 2.24) is 19.9 Å². The second-order valence-electron chi connectivity index (χ2n) is 12.3. The summed E-state index contributed by atoms with van der Waals surface area (Å²) in [5, 5.41) is 12.9. The number of H-pyrrole nitrogens is 2. The van der Waals surface area contributed by atoms with Crippen LogP contribution in [0.3, 0.4) is 0 Å². The quantitative estimate of drug-likeness (QED) is 0.106. The standard InChI is InChI=1S/C43H27N5O4/c49-43-41-38(28-17-9-3-10-18-28)32-23-22-31(45-32)37(27-15-7-2-8-16-27)40-35(48(50)51)25-34(46-40)36(26-13-5-1-6-14-26)30-21-24-33(44-30)39(42(47-41)52-43)29-19-11-4-12-20-29/h1-25,44-45H. The Labute approximate surface area is 296 Å². The summed E-state index contributed by atoms with van der Waals surface area (Å²) >= 11 is 0. The average Bonchev–Trinajstić information content (AvgIpc) is 4.00. The van der Waals surface area contributed by atoms with Crippen LogP contribution in [0.15, 0.2) is 146 Å². The van der Waals surface area contributed by atoms with Crippen LogP contribution in [-0.2, 0) is 0 Å². The Kier molecular flexibility index (Phi) is 7.36. The van der Waals surface area contributed by atoms with Gasteiger partial charge in [0.1, 0.15) is 0 Å². The van der Waals surface area contributed by atoms with Crippen LogP contribution in [0.4, 0.5) is 0 Å². The van der Waals surface area contributed by atoms with Crippen LogP contribution in [0.5, 0.6) is 5.88 Å². The molecule has 0 saturated carbocycles. The second kappa shape index (κ2) is 12.5. The molecule has 0 fully saturated rings. The molecule has 9 heteroatoms. The number of aromatic nitrogens is 4. The number of fused-ring (bicyclic) bond motifs is 8. The zero-order chi connectivity index (χ0) is 35.2.